The summed E-state index contributed by atoms with van der Waals surface area (Å²) in [5.74, 6) is 0.00401. The highest BCUT2D eigenvalue weighted by molar-refractivity contribution is 7.09. The van der Waals surface area contributed by atoms with Crippen LogP contribution in [0.25, 0.3) is 0 Å². The first-order valence-electron chi connectivity index (χ1n) is 6.33. The Bertz CT molecular complexity index is 496. The van der Waals surface area contributed by atoms with Gasteiger partial charge in [-0.05, 0) is 23.4 Å². The molecule has 3 nitrogen and oxygen atoms in total. The zero-order chi connectivity index (χ0) is 13.5. The van der Waals surface area contributed by atoms with Crippen LogP contribution in [0.4, 0.5) is 0 Å². The van der Waals surface area contributed by atoms with Gasteiger partial charge in [-0.2, -0.15) is 0 Å². The van der Waals surface area contributed by atoms with Gasteiger partial charge in [0.2, 0.25) is 5.91 Å². The molecule has 0 saturated carbocycles. The number of hydrogen-bond acceptors (Lipinski definition) is 3. The number of hydrogen-bond donors (Lipinski definition) is 1. The van der Waals surface area contributed by atoms with E-state index in [0.717, 1.165) is 6.42 Å². The Morgan fingerprint density at radius 2 is 1.95 bits per heavy atom. The van der Waals surface area contributed by atoms with Crippen LogP contribution in [0.3, 0.4) is 0 Å². The molecule has 0 spiro atoms. The van der Waals surface area contributed by atoms with Gasteiger partial charge in [-0.3, -0.25) is 4.79 Å². The Hall–Kier alpha value is -1.65. The Morgan fingerprint density at radius 3 is 2.58 bits per heavy atom. The molecule has 0 aliphatic carbocycles. The van der Waals surface area contributed by atoms with Crippen molar-refractivity contribution in [3.8, 4) is 0 Å². The smallest absolute Gasteiger partial charge is 0.236 e. The fourth-order valence-electron chi connectivity index (χ4n) is 1.92. The van der Waals surface area contributed by atoms with Crippen molar-refractivity contribution >= 4 is 17.2 Å². The normalized spacial score (nSPS) is 10.4. The molecule has 100 valence electrons. The first kappa shape index (κ1) is 13.8. The van der Waals surface area contributed by atoms with Crippen LogP contribution in [0, 0.1) is 0 Å². The minimum Gasteiger partial charge on any atom is -0.336 e. The second-order valence-electron chi connectivity index (χ2n) is 4.33. The van der Waals surface area contributed by atoms with Crippen LogP contribution >= 0.6 is 11.3 Å². The maximum Gasteiger partial charge on any atom is 0.236 e. The largest absolute Gasteiger partial charge is 0.336 e. The monoisotopic (exact) mass is 274 g/mol. The maximum atomic E-state index is 11.9. The Labute approximate surface area is 117 Å². The topological polar surface area (TPSA) is 46.3 Å². The van der Waals surface area contributed by atoms with E-state index in [1.807, 2.05) is 40.6 Å². The highest BCUT2D eigenvalue weighted by atomic mass is 32.1. The van der Waals surface area contributed by atoms with Crippen LogP contribution < -0.4 is 5.73 Å². The molecule has 4 heteroatoms. The SMILES string of the molecule is NCC(=O)N(CCc1ccccc1)Cc1cccs1. The first-order valence-corrected chi connectivity index (χ1v) is 7.21. The van der Waals surface area contributed by atoms with E-state index in [2.05, 4.69) is 12.1 Å². The Kier molecular flexibility index (Phi) is 5.12. The van der Waals surface area contributed by atoms with E-state index in [1.165, 1.54) is 10.4 Å². The second kappa shape index (κ2) is 7.07. The molecule has 0 unspecified atom stereocenters. The molecular formula is C15H18N2OS. The van der Waals surface area contributed by atoms with E-state index in [-0.39, 0.29) is 12.5 Å². The molecule has 0 atom stereocenters. The predicted octanol–water partition coefficient (Wildman–Crippen LogP) is 2.28. The average molecular weight is 274 g/mol. The standard InChI is InChI=1S/C15H18N2OS/c16-11-15(18)17(12-14-7-4-10-19-14)9-8-13-5-2-1-3-6-13/h1-7,10H,8-9,11-12,16H2. The van der Waals surface area contributed by atoms with Gasteiger partial charge in [0, 0.05) is 11.4 Å². The van der Waals surface area contributed by atoms with Gasteiger partial charge >= 0.3 is 0 Å². The third kappa shape index (κ3) is 4.19. The lowest BCUT2D eigenvalue weighted by Gasteiger charge is -2.21. The molecule has 0 aliphatic heterocycles. The van der Waals surface area contributed by atoms with Crippen molar-refractivity contribution in [2.75, 3.05) is 13.1 Å². The summed E-state index contributed by atoms with van der Waals surface area (Å²) >= 11 is 1.67. The zero-order valence-corrected chi connectivity index (χ0v) is 11.6. The van der Waals surface area contributed by atoms with E-state index < -0.39 is 0 Å². The van der Waals surface area contributed by atoms with Gasteiger partial charge in [-0.25, -0.2) is 0 Å². The van der Waals surface area contributed by atoms with Crippen LogP contribution in [-0.4, -0.2) is 23.9 Å². The van der Waals surface area contributed by atoms with Gasteiger partial charge in [-0.15, -0.1) is 11.3 Å². The maximum absolute atomic E-state index is 11.9. The van der Waals surface area contributed by atoms with Crippen molar-refractivity contribution in [1.82, 2.24) is 4.90 Å². The van der Waals surface area contributed by atoms with E-state index in [4.69, 9.17) is 5.73 Å². The van der Waals surface area contributed by atoms with Gasteiger partial charge < -0.3 is 10.6 Å². The molecule has 1 aromatic carbocycles. The number of amides is 1. The number of nitrogens with zero attached hydrogens (tertiary/aromatic N) is 1. The lowest BCUT2D eigenvalue weighted by Crippen LogP contribution is -2.36. The molecule has 1 amide bonds. The van der Waals surface area contributed by atoms with Gasteiger partial charge in [0.1, 0.15) is 0 Å². The third-order valence-electron chi connectivity index (χ3n) is 2.97. The summed E-state index contributed by atoms with van der Waals surface area (Å²) in [6.07, 6.45) is 0.859. The van der Waals surface area contributed by atoms with Crippen LogP contribution in [-0.2, 0) is 17.8 Å². The van der Waals surface area contributed by atoms with Crippen molar-refractivity contribution < 1.29 is 4.79 Å². The number of benzene rings is 1. The molecule has 0 aliphatic rings. The summed E-state index contributed by atoms with van der Waals surface area (Å²) in [6, 6.07) is 14.2. The molecule has 0 fully saturated rings. The van der Waals surface area contributed by atoms with Crippen molar-refractivity contribution in [2.24, 2.45) is 5.73 Å². The molecular weight excluding hydrogens is 256 g/mol. The summed E-state index contributed by atoms with van der Waals surface area (Å²) in [5, 5.41) is 2.03. The summed E-state index contributed by atoms with van der Waals surface area (Å²) in [4.78, 5) is 14.9. The van der Waals surface area contributed by atoms with Gasteiger partial charge in [0.15, 0.2) is 0 Å². The number of thiophene rings is 1. The number of carbonyl (C=O) groups is 1. The van der Waals surface area contributed by atoms with Gasteiger partial charge in [-0.1, -0.05) is 36.4 Å². The van der Waals surface area contributed by atoms with Gasteiger partial charge in [0.05, 0.1) is 13.1 Å². The summed E-state index contributed by atoms with van der Waals surface area (Å²) in [6.45, 7) is 1.43. The summed E-state index contributed by atoms with van der Waals surface area (Å²) in [7, 11) is 0. The first-order chi connectivity index (χ1) is 9.29. The molecule has 0 radical (unpaired) electrons. The fourth-order valence-corrected chi connectivity index (χ4v) is 2.64. The van der Waals surface area contributed by atoms with E-state index in [9.17, 15) is 4.79 Å². The fraction of sp³-hybridized carbons (Fsp3) is 0.267. The van der Waals surface area contributed by atoms with Crippen molar-refractivity contribution in [3.05, 3.63) is 58.3 Å². The van der Waals surface area contributed by atoms with Crippen LogP contribution in [0.5, 0.6) is 0 Å². The van der Waals surface area contributed by atoms with E-state index in [0.29, 0.717) is 13.1 Å². The molecule has 0 saturated heterocycles. The van der Waals surface area contributed by atoms with Crippen LogP contribution in [0.1, 0.15) is 10.4 Å². The minimum absolute atomic E-state index is 0.00401. The quantitative estimate of drug-likeness (QED) is 0.878. The highest BCUT2D eigenvalue weighted by Crippen LogP contribution is 2.12. The van der Waals surface area contributed by atoms with Crippen molar-refractivity contribution in [2.45, 2.75) is 13.0 Å². The Balaban J connectivity index is 1.96. The predicted molar refractivity (Wildman–Crippen MR) is 78.9 cm³/mol. The molecule has 2 aromatic rings. The molecule has 1 aromatic heterocycles. The molecule has 2 rings (SSSR count). The lowest BCUT2D eigenvalue weighted by molar-refractivity contribution is -0.130. The molecule has 19 heavy (non-hydrogen) atoms. The van der Waals surface area contributed by atoms with Gasteiger partial charge in [0.25, 0.3) is 0 Å². The average Bonchev–Trinajstić information content (AvgIpc) is 2.96. The summed E-state index contributed by atoms with van der Waals surface area (Å²) < 4.78 is 0. The number of carbonyl (C=O) groups excluding carboxylic acids is 1. The zero-order valence-electron chi connectivity index (χ0n) is 10.8. The number of rotatable bonds is 6. The van der Waals surface area contributed by atoms with Crippen LogP contribution in [0.2, 0.25) is 0 Å². The number of nitrogens with two attached hydrogens (primary N) is 1. The summed E-state index contributed by atoms with van der Waals surface area (Å²) in [5.41, 5.74) is 6.72. The highest BCUT2D eigenvalue weighted by Gasteiger charge is 2.12. The van der Waals surface area contributed by atoms with Crippen molar-refractivity contribution in [3.63, 3.8) is 0 Å². The van der Waals surface area contributed by atoms with E-state index >= 15 is 0 Å². The molecule has 2 N–H and O–H groups in total. The van der Waals surface area contributed by atoms with E-state index in [1.54, 1.807) is 11.3 Å². The van der Waals surface area contributed by atoms with Crippen molar-refractivity contribution in [1.29, 1.82) is 0 Å². The Morgan fingerprint density at radius 1 is 1.16 bits per heavy atom. The minimum atomic E-state index is 0.00401. The molecule has 0 bridgehead atoms. The molecule has 1 heterocycles. The van der Waals surface area contributed by atoms with Crippen LogP contribution in [0.15, 0.2) is 47.8 Å². The lowest BCUT2D eigenvalue weighted by atomic mass is 10.1. The second-order valence-corrected chi connectivity index (χ2v) is 5.37. The third-order valence-corrected chi connectivity index (χ3v) is 3.83.